The lowest BCUT2D eigenvalue weighted by Crippen LogP contribution is -2.64. The summed E-state index contributed by atoms with van der Waals surface area (Å²) >= 11 is 0. The summed E-state index contributed by atoms with van der Waals surface area (Å²) in [7, 11) is 1.72. The number of carbonyl (C=O) groups excluding carboxylic acids is 2. The maximum Gasteiger partial charge on any atom is 0.328 e. The second-order valence-corrected chi connectivity index (χ2v) is 8.21. The standard InChI is InChI=1S/C25H27N5O3/c1-3-33-20-13-11-19(12-14-20)28-16-17-29-21-22(26-24(28)29)27(2)25(32)30(23(21)31)15-7-10-18-8-5-4-6-9-18/h4-14,21-22H,3,15-17H2,1-2H3/b10-7+. The molecule has 0 N–H and O–H groups in total. The number of guanidine groups is 1. The van der Waals surface area contributed by atoms with Crippen molar-refractivity contribution in [2.45, 2.75) is 19.1 Å². The van der Waals surface area contributed by atoms with Crippen LogP contribution in [0.5, 0.6) is 5.75 Å². The first-order valence-electron chi connectivity index (χ1n) is 11.2. The van der Waals surface area contributed by atoms with Gasteiger partial charge in [0, 0.05) is 32.4 Å². The minimum atomic E-state index is -0.514. The molecule has 2 atom stereocenters. The highest BCUT2D eigenvalue weighted by molar-refractivity contribution is 6.08. The zero-order valence-corrected chi connectivity index (χ0v) is 18.8. The van der Waals surface area contributed by atoms with E-state index in [-0.39, 0.29) is 18.5 Å². The summed E-state index contributed by atoms with van der Waals surface area (Å²) in [6, 6.07) is 16.9. The molecular formula is C25H27N5O3. The van der Waals surface area contributed by atoms with Gasteiger partial charge in [-0.05, 0) is 36.8 Å². The van der Waals surface area contributed by atoms with Gasteiger partial charge < -0.3 is 19.4 Å². The largest absolute Gasteiger partial charge is 0.494 e. The first-order valence-corrected chi connectivity index (χ1v) is 11.2. The Kier molecular flexibility index (Phi) is 5.50. The Balaban J connectivity index is 1.34. The second kappa shape index (κ2) is 8.61. The molecule has 3 aliphatic rings. The summed E-state index contributed by atoms with van der Waals surface area (Å²) in [6.07, 6.45) is 3.26. The van der Waals surface area contributed by atoms with Crippen LogP contribution < -0.4 is 9.64 Å². The lowest BCUT2D eigenvalue weighted by Gasteiger charge is -2.40. The molecule has 0 radical (unpaired) electrons. The molecule has 5 rings (SSSR count). The lowest BCUT2D eigenvalue weighted by molar-refractivity contribution is -0.136. The number of amides is 3. The van der Waals surface area contributed by atoms with Gasteiger partial charge in [0.1, 0.15) is 5.75 Å². The van der Waals surface area contributed by atoms with Gasteiger partial charge in [-0.15, -0.1) is 0 Å². The van der Waals surface area contributed by atoms with Crippen LogP contribution in [0.4, 0.5) is 10.5 Å². The molecule has 8 heteroatoms. The second-order valence-electron chi connectivity index (χ2n) is 8.21. The fourth-order valence-corrected chi connectivity index (χ4v) is 4.60. The van der Waals surface area contributed by atoms with Crippen LogP contribution in [-0.4, -0.2) is 78.1 Å². The van der Waals surface area contributed by atoms with E-state index in [9.17, 15) is 9.59 Å². The molecule has 0 bridgehead atoms. The van der Waals surface area contributed by atoms with E-state index in [1.165, 1.54) is 4.90 Å². The SMILES string of the molecule is CCOc1ccc(N2CCN3C2=NC2C3C(=O)N(C/C=C/c3ccccc3)C(=O)N2C)cc1. The van der Waals surface area contributed by atoms with Crippen molar-refractivity contribution >= 4 is 29.7 Å². The van der Waals surface area contributed by atoms with Crippen molar-refractivity contribution in [3.05, 3.63) is 66.2 Å². The average molecular weight is 446 g/mol. The third-order valence-corrected chi connectivity index (χ3v) is 6.23. The van der Waals surface area contributed by atoms with Crippen LogP contribution in [0.1, 0.15) is 12.5 Å². The Morgan fingerprint density at radius 3 is 2.55 bits per heavy atom. The number of rotatable bonds is 6. The molecule has 2 unspecified atom stereocenters. The summed E-state index contributed by atoms with van der Waals surface area (Å²) in [5.74, 6) is 1.36. The van der Waals surface area contributed by atoms with Gasteiger partial charge in [0.15, 0.2) is 12.2 Å². The number of likely N-dealkylation sites (N-methyl/N-ethyl adjacent to an activating group) is 1. The molecule has 3 aliphatic heterocycles. The maximum atomic E-state index is 13.4. The van der Waals surface area contributed by atoms with Gasteiger partial charge in [-0.25, -0.2) is 9.79 Å². The van der Waals surface area contributed by atoms with Crippen molar-refractivity contribution in [1.29, 1.82) is 0 Å². The van der Waals surface area contributed by atoms with Crippen LogP contribution >= 0.6 is 0 Å². The van der Waals surface area contributed by atoms with Gasteiger partial charge in [-0.2, -0.15) is 0 Å². The number of nitrogens with zero attached hydrogens (tertiary/aromatic N) is 5. The van der Waals surface area contributed by atoms with Crippen LogP contribution in [0.25, 0.3) is 6.08 Å². The monoisotopic (exact) mass is 445 g/mol. The molecule has 33 heavy (non-hydrogen) atoms. The number of aliphatic imine (C=N–C) groups is 1. The van der Waals surface area contributed by atoms with Crippen molar-refractivity contribution in [1.82, 2.24) is 14.7 Å². The lowest BCUT2D eigenvalue weighted by atomic mass is 10.1. The molecule has 0 aromatic heterocycles. The number of ether oxygens (including phenoxy) is 1. The predicted molar refractivity (Wildman–Crippen MR) is 127 cm³/mol. The Hall–Kier alpha value is -3.81. The van der Waals surface area contributed by atoms with Crippen LogP contribution in [-0.2, 0) is 4.79 Å². The van der Waals surface area contributed by atoms with E-state index >= 15 is 0 Å². The van der Waals surface area contributed by atoms with Gasteiger partial charge in [-0.3, -0.25) is 9.69 Å². The predicted octanol–water partition coefficient (Wildman–Crippen LogP) is 2.88. The maximum absolute atomic E-state index is 13.4. The highest BCUT2D eigenvalue weighted by Gasteiger charge is 2.54. The molecule has 170 valence electrons. The normalized spacial score (nSPS) is 22.2. The first-order chi connectivity index (χ1) is 16.1. The van der Waals surface area contributed by atoms with Crippen molar-refractivity contribution in [3.63, 3.8) is 0 Å². The number of urea groups is 1. The Bertz CT molecular complexity index is 1100. The quantitative estimate of drug-likeness (QED) is 0.684. The van der Waals surface area contributed by atoms with Gasteiger partial charge >= 0.3 is 6.03 Å². The Morgan fingerprint density at radius 1 is 1.06 bits per heavy atom. The average Bonchev–Trinajstić information content (AvgIpc) is 3.41. The minimum Gasteiger partial charge on any atom is -0.494 e. The van der Waals surface area contributed by atoms with Gasteiger partial charge in [0.05, 0.1) is 6.61 Å². The van der Waals surface area contributed by atoms with Crippen LogP contribution in [0.15, 0.2) is 65.7 Å². The number of anilines is 1. The molecular weight excluding hydrogens is 418 g/mol. The summed E-state index contributed by atoms with van der Waals surface area (Å²) < 4.78 is 5.54. The van der Waals surface area contributed by atoms with E-state index in [0.717, 1.165) is 29.5 Å². The van der Waals surface area contributed by atoms with E-state index in [1.54, 1.807) is 11.9 Å². The molecule has 2 saturated heterocycles. The Morgan fingerprint density at radius 2 is 1.82 bits per heavy atom. The molecule has 3 amide bonds. The fourth-order valence-electron chi connectivity index (χ4n) is 4.60. The zero-order valence-electron chi connectivity index (χ0n) is 18.8. The third-order valence-electron chi connectivity index (χ3n) is 6.23. The highest BCUT2D eigenvalue weighted by atomic mass is 16.5. The number of benzene rings is 2. The Labute approximate surface area is 193 Å². The van der Waals surface area contributed by atoms with E-state index in [2.05, 4.69) is 4.90 Å². The van der Waals surface area contributed by atoms with Crippen LogP contribution in [0, 0.1) is 0 Å². The summed E-state index contributed by atoms with van der Waals surface area (Å²) in [4.78, 5) is 38.2. The number of hydrogen-bond acceptors (Lipinski definition) is 6. The van der Waals surface area contributed by atoms with Crippen LogP contribution in [0.3, 0.4) is 0 Å². The molecule has 0 spiro atoms. The highest BCUT2D eigenvalue weighted by Crippen LogP contribution is 2.33. The topological polar surface area (TPSA) is 68.7 Å². The van der Waals surface area contributed by atoms with Crippen molar-refractivity contribution in [2.24, 2.45) is 4.99 Å². The number of carbonyl (C=O) groups is 2. The van der Waals surface area contributed by atoms with E-state index in [0.29, 0.717) is 13.2 Å². The van der Waals surface area contributed by atoms with Gasteiger partial charge in [0.25, 0.3) is 5.91 Å². The molecule has 2 aromatic rings. The molecule has 3 heterocycles. The van der Waals surface area contributed by atoms with Crippen LogP contribution in [0.2, 0.25) is 0 Å². The van der Waals surface area contributed by atoms with Crippen molar-refractivity contribution in [2.75, 3.05) is 38.2 Å². The first kappa shape index (κ1) is 21.1. The summed E-state index contributed by atoms with van der Waals surface area (Å²) in [5, 5.41) is 0. The molecule has 0 aliphatic carbocycles. The minimum absolute atomic E-state index is 0.201. The smallest absolute Gasteiger partial charge is 0.328 e. The fraction of sp³-hybridized carbons (Fsp3) is 0.320. The molecule has 2 fully saturated rings. The third kappa shape index (κ3) is 3.71. The molecule has 0 saturated carbocycles. The zero-order chi connectivity index (χ0) is 22.9. The van der Waals surface area contributed by atoms with Gasteiger partial charge in [-0.1, -0.05) is 42.5 Å². The molecule has 2 aromatic carbocycles. The van der Waals surface area contributed by atoms with Crippen molar-refractivity contribution in [3.8, 4) is 5.75 Å². The summed E-state index contributed by atoms with van der Waals surface area (Å²) in [5.41, 5.74) is 2.01. The molecule has 8 nitrogen and oxygen atoms in total. The number of fused-ring (bicyclic) bond motifs is 3. The number of imide groups is 1. The number of hydrogen-bond donors (Lipinski definition) is 0. The van der Waals surface area contributed by atoms with Gasteiger partial charge in [0.2, 0.25) is 5.96 Å². The van der Waals surface area contributed by atoms with Crippen molar-refractivity contribution < 1.29 is 14.3 Å². The van der Waals surface area contributed by atoms with E-state index in [4.69, 9.17) is 9.73 Å². The van der Waals surface area contributed by atoms with E-state index in [1.807, 2.05) is 78.6 Å². The summed E-state index contributed by atoms with van der Waals surface area (Å²) in [6.45, 7) is 4.21. The van der Waals surface area contributed by atoms with E-state index < -0.39 is 12.2 Å².